The number of piperazine rings is 2. The highest BCUT2D eigenvalue weighted by atomic mass is 19.1. The molecule has 2 aromatic heterocycles. The maximum absolute atomic E-state index is 15.1. The molecule has 4 fully saturated rings. The van der Waals surface area contributed by atoms with Crippen molar-refractivity contribution in [3.05, 3.63) is 123 Å². The Kier molecular flexibility index (Phi) is 13.9. The van der Waals surface area contributed by atoms with Crippen molar-refractivity contribution in [3.8, 4) is 11.1 Å². The summed E-state index contributed by atoms with van der Waals surface area (Å²) in [6.07, 6.45) is 5.93. The molecule has 2 atom stereocenters. The van der Waals surface area contributed by atoms with Crippen LogP contribution in [0.5, 0.6) is 0 Å². The van der Waals surface area contributed by atoms with Crippen molar-refractivity contribution in [2.45, 2.75) is 83.9 Å². The van der Waals surface area contributed by atoms with Gasteiger partial charge in [-0.2, -0.15) is 5.10 Å². The highest BCUT2D eigenvalue weighted by Gasteiger charge is 2.45. The molecule has 16 heteroatoms. The van der Waals surface area contributed by atoms with Gasteiger partial charge in [-0.05, 0) is 99.7 Å². The van der Waals surface area contributed by atoms with Crippen LogP contribution in [0, 0.1) is 11.7 Å². The number of nitrogens with zero attached hydrogens (tertiary/aromatic N) is 7. The first-order valence-electron chi connectivity index (χ1n) is 24.4. The van der Waals surface area contributed by atoms with E-state index in [2.05, 4.69) is 44.4 Å². The molecular formula is C53H62FN9O6. The molecule has 0 aliphatic carbocycles. The fraction of sp³-hybridized carbons (Fsp3) is 0.453. The lowest BCUT2D eigenvalue weighted by molar-refractivity contribution is -0.134. The van der Waals surface area contributed by atoms with E-state index < -0.39 is 23.4 Å². The zero-order chi connectivity index (χ0) is 48.4. The lowest BCUT2D eigenvalue weighted by Gasteiger charge is -2.42. The number of aromatic nitrogens is 3. The van der Waals surface area contributed by atoms with E-state index in [-0.39, 0.29) is 40.7 Å². The Morgan fingerprint density at radius 1 is 0.783 bits per heavy atom. The Morgan fingerprint density at radius 2 is 1.48 bits per heavy atom. The van der Waals surface area contributed by atoms with Crippen LogP contribution in [-0.4, -0.2) is 147 Å². The van der Waals surface area contributed by atoms with Crippen LogP contribution in [0.1, 0.15) is 91.0 Å². The van der Waals surface area contributed by atoms with Gasteiger partial charge in [-0.15, -0.1) is 0 Å². The summed E-state index contributed by atoms with van der Waals surface area (Å²) in [5, 5.41) is 10.8. The van der Waals surface area contributed by atoms with Gasteiger partial charge >= 0.3 is 6.09 Å². The molecule has 0 saturated carbocycles. The van der Waals surface area contributed by atoms with Crippen LogP contribution in [-0.2, 0) is 22.4 Å². The van der Waals surface area contributed by atoms with Gasteiger partial charge in [0.25, 0.3) is 17.4 Å². The zero-order valence-corrected chi connectivity index (χ0v) is 40.0. The van der Waals surface area contributed by atoms with Crippen molar-refractivity contribution in [2.75, 3.05) is 70.8 Å². The van der Waals surface area contributed by atoms with Gasteiger partial charge in [0.2, 0.25) is 5.91 Å². The first kappa shape index (κ1) is 47.5. The first-order chi connectivity index (χ1) is 33.2. The summed E-state index contributed by atoms with van der Waals surface area (Å²) in [7, 11) is 0. The van der Waals surface area contributed by atoms with Gasteiger partial charge in [0.1, 0.15) is 11.4 Å². The number of carbonyl (C=O) groups excluding carboxylic acids is 4. The number of H-pyrrole nitrogens is 1. The molecule has 4 saturated heterocycles. The summed E-state index contributed by atoms with van der Waals surface area (Å²) in [6, 6.07) is 21.8. The summed E-state index contributed by atoms with van der Waals surface area (Å²) >= 11 is 0. The number of pyridine rings is 1. The molecule has 2 N–H and O–H groups in total. The Hall–Kier alpha value is -6.52. The van der Waals surface area contributed by atoms with Crippen LogP contribution in [0.2, 0.25) is 0 Å². The Balaban J connectivity index is 0.747. The molecule has 15 nitrogen and oxygen atoms in total. The smallest absolute Gasteiger partial charge is 0.412 e. The molecule has 4 aliphatic rings. The van der Waals surface area contributed by atoms with Crippen molar-refractivity contribution in [2.24, 2.45) is 5.92 Å². The molecule has 4 amide bonds. The number of rotatable bonds is 11. The van der Waals surface area contributed by atoms with E-state index in [1.807, 2.05) is 35.2 Å². The second-order valence-electron chi connectivity index (χ2n) is 20.0. The topological polar surface area (TPSA) is 164 Å². The van der Waals surface area contributed by atoms with Crippen LogP contribution in [0.15, 0.2) is 83.8 Å². The molecule has 3 aromatic carbocycles. The molecule has 2 unspecified atom stereocenters. The number of aromatic amines is 1. The van der Waals surface area contributed by atoms with E-state index in [4.69, 9.17) is 9.72 Å². The number of hydrogen-bond donors (Lipinski definition) is 2. The van der Waals surface area contributed by atoms with Crippen LogP contribution < -0.4 is 10.9 Å². The number of carbonyl (C=O) groups is 4. The SMILES string of the molecule is CCc1cccc(-c2cnc(C(=O)N3C4CCC3CC(CN3CCN(CC(=O)N5CCN(C(=O)c6cc(Cc7n[nH]c(=O)c8ccccc78)ccc6F)CC5)CC3)C4)c(NC(=O)OC(C)(C)C)c2)c1. The second kappa shape index (κ2) is 20.2. The molecular weight excluding hydrogens is 878 g/mol. The van der Waals surface area contributed by atoms with Crippen molar-refractivity contribution >= 4 is 40.3 Å². The van der Waals surface area contributed by atoms with Gasteiger partial charge in [0, 0.05) is 94.6 Å². The molecule has 0 radical (unpaired) electrons. The minimum Gasteiger partial charge on any atom is -0.444 e. The van der Waals surface area contributed by atoms with Crippen molar-refractivity contribution in [3.63, 3.8) is 0 Å². The first-order valence-corrected chi connectivity index (χ1v) is 24.4. The fourth-order valence-corrected chi connectivity index (χ4v) is 10.6. The standard InChI is InChI=1S/C53H62FN9O6/c1-5-34-9-8-10-37(25-34)38-30-46(56-52(68)69-53(2,3)4)48(55-31-38)51(67)63-39-14-15-40(63)27-36(26-39)32-59-17-19-60(20-18-59)33-47(64)61-21-23-62(24-22-61)50(66)43-28-35(13-16-44(43)54)29-45-41-11-6-7-12-42(41)49(65)58-57-45/h6-13,16,25,28,30-31,36,39-40H,5,14-15,17-24,26-27,29,32-33H2,1-4H3,(H,56,68)(H,58,65). The van der Waals surface area contributed by atoms with Crippen molar-refractivity contribution in [1.29, 1.82) is 0 Å². The van der Waals surface area contributed by atoms with E-state index in [0.717, 1.165) is 76.0 Å². The molecule has 69 heavy (non-hydrogen) atoms. The van der Waals surface area contributed by atoms with Gasteiger partial charge in [-0.1, -0.05) is 55.5 Å². The number of ether oxygens (including phenoxy) is 1. The predicted molar refractivity (Wildman–Crippen MR) is 262 cm³/mol. The molecule has 0 spiro atoms. The summed E-state index contributed by atoms with van der Waals surface area (Å²) in [6.45, 7) is 13.4. The molecule has 5 aromatic rings. The van der Waals surface area contributed by atoms with Gasteiger partial charge in [0.15, 0.2) is 5.69 Å². The van der Waals surface area contributed by atoms with Gasteiger partial charge in [-0.3, -0.25) is 29.4 Å². The van der Waals surface area contributed by atoms with Crippen molar-refractivity contribution in [1.82, 2.24) is 39.7 Å². The fourth-order valence-electron chi connectivity index (χ4n) is 10.6. The second-order valence-corrected chi connectivity index (χ2v) is 20.0. The normalized spacial score (nSPS) is 20.0. The van der Waals surface area contributed by atoms with Gasteiger partial charge < -0.3 is 24.3 Å². The van der Waals surface area contributed by atoms with Gasteiger partial charge in [-0.25, -0.2) is 19.3 Å². The monoisotopic (exact) mass is 939 g/mol. The highest BCUT2D eigenvalue weighted by Crippen LogP contribution is 2.41. The Bertz CT molecular complexity index is 2780. The van der Waals surface area contributed by atoms with E-state index in [1.165, 1.54) is 11.6 Å². The number of nitrogens with one attached hydrogen (secondary N) is 2. The molecule has 6 heterocycles. The number of benzene rings is 3. The van der Waals surface area contributed by atoms with E-state index >= 15 is 4.39 Å². The molecule has 9 rings (SSSR count). The summed E-state index contributed by atoms with van der Waals surface area (Å²) < 4.78 is 20.7. The lowest BCUT2D eigenvalue weighted by atomic mass is 9.89. The summed E-state index contributed by atoms with van der Waals surface area (Å²) in [4.78, 5) is 81.7. The maximum Gasteiger partial charge on any atom is 0.412 e. The highest BCUT2D eigenvalue weighted by molar-refractivity contribution is 6.02. The van der Waals surface area contributed by atoms with Crippen LogP contribution in [0.4, 0.5) is 14.9 Å². The Labute approximate surface area is 402 Å². The zero-order valence-electron chi connectivity index (χ0n) is 40.0. The molecule has 2 bridgehead atoms. The third-order valence-corrected chi connectivity index (χ3v) is 14.1. The summed E-state index contributed by atoms with van der Waals surface area (Å²) in [5.74, 6) is -0.735. The quantitative estimate of drug-likeness (QED) is 0.147. The number of anilines is 1. The number of aryl methyl sites for hydroxylation is 1. The van der Waals surface area contributed by atoms with Crippen LogP contribution in [0.3, 0.4) is 0 Å². The average Bonchev–Trinajstić information content (AvgIpc) is 3.61. The summed E-state index contributed by atoms with van der Waals surface area (Å²) in [5.41, 5.74) is 3.79. The average molecular weight is 940 g/mol. The minimum absolute atomic E-state index is 0.0252. The van der Waals surface area contributed by atoms with E-state index in [9.17, 15) is 24.0 Å². The van der Waals surface area contributed by atoms with Crippen molar-refractivity contribution < 1.29 is 28.3 Å². The number of fused-ring (bicyclic) bond motifs is 3. The third-order valence-electron chi connectivity index (χ3n) is 14.1. The number of halogens is 1. The molecule has 4 aliphatic heterocycles. The van der Waals surface area contributed by atoms with Crippen LogP contribution >= 0.6 is 0 Å². The van der Waals surface area contributed by atoms with E-state index in [0.29, 0.717) is 72.8 Å². The minimum atomic E-state index is -0.715. The molecule has 362 valence electrons. The largest absolute Gasteiger partial charge is 0.444 e. The predicted octanol–water partition coefficient (Wildman–Crippen LogP) is 6.61. The number of hydrogen-bond acceptors (Lipinski definition) is 10. The van der Waals surface area contributed by atoms with Crippen LogP contribution in [0.25, 0.3) is 21.9 Å². The number of amides is 4. The van der Waals surface area contributed by atoms with Gasteiger partial charge in [0.05, 0.1) is 28.9 Å². The Morgan fingerprint density at radius 3 is 2.19 bits per heavy atom. The number of piperidine rings is 1. The third kappa shape index (κ3) is 10.9. The lowest BCUT2D eigenvalue weighted by Crippen LogP contribution is -2.55. The van der Waals surface area contributed by atoms with E-state index in [1.54, 1.807) is 61.0 Å². The maximum atomic E-state index is 15.1.